The van der Waals surface area contributed by atoms with E-state index in [4.69, 9.17) is 24.4 Å². The van der Waals surface area contributed by atoms with E-state index < -0.39 is 29.0 Å². The van der Waals surface area contributed by atoms with Gasteiger partial charge < -0.3 is 13.9 Å². The Bertz CT molecular complexity index is 1330. The molecule has 1 amide bonds. The first-order chi connectivity index (χ1) is 16.3. The molecule has 1 heterocycles. The molecule has 0 radical (unpaired) electrons. The van der Waals surface area contributed by atoms with E-state index in [1.54, 1.807) is 30.3 Å². The van der Waals surface area contributed by atoms with Crippen molar-refractivity contribution >= 4 is 21.9 Å². The molecule has 0 saturated carbocycles. The van der Waals surface area contributed by atoms with Gasteiger partial charge in [-0.1, -0.05) is 5.10 Å². The highest BCUT2D eigenvalue weighted by molar-refractivity contribution is 7.89. The molecule has 0 fully saturated rings. The van der Waals surface area contributed by atoms with Gasteiger partial charge in [0.25, 0.3) is 5.91 Å². The summed E-state index contributed by atoms with van der Waals surface area (Å²) in [5, 5.41) is 27.8. The molecule has 2 aromatic carbocycles. The number of carbonyl (C=O) groups excluding carboxylic acids is 1. The van der Waals surface area contributed by atoms with E-state index in [1.807, 2.05) is 0 Å². The summed E-state index contributed by atoms with van der Waals surface area (Å²) in [5.41, 5.74) is 0.631. The highest BCUT2D eigenvalue weighted by atomic mass is 32.2. The van der Waals surface area contributed by atoms with Crippen molar-refractivity contribution in [2.24, 2.45) is 0 Å². The third-order valence-corrected chi connectivity index (χ3v) is 6.30. The second-order valence-corrected chi connectivity index (χ2v) is 8.52. The minimum absolute atomic E-state index is 0.115. The molecule has 34 heavy (non-hydrogen) atoms. The van der Waals surface area contributed by atoms with Crippen molar-refractivity contribution in [3.8, 4) is 35.1 Å². The number of hydrogen-bond donors (Lipinski definition) is 1. The van der Waals surface area contributed by atoms with Gasteiger partial charge in [-0.25, -0.2) is 8.42 Å². The van der Waals surface area contributed by atoms with Gasteiger partial charge in [0.2, 0.25) is 15.9 Å². The highest BCUT2D eigenvalue weighted by Gasteiger charge is 2.24. The summed E-state index contributed by atoms with van der Waals surface area (Å²) in [6, 6.07) is 13.2. The molecule has 3 aromatic rings. The number of nitrogens with zero attached hydrogens (tertiary/aromatic N) is 5. The van der Waals surface area contributed by atoms with Gasteiger partial charge in [-0.15, -0.1) is 5.10 Å². The first kappa shape index (κ1) is 24.2. The number of sulfonamides is 1. The van der Waals surface area contributed by atoms with E-state index in [2.05, 4.69) is 15.5 Å². The zero-order valence-electron chi connectivity index (χ0n) is 18.0. The molecule has 0 bridgehead atoms. The van der Waals surface area contributed by atoms with Crippen molar-refractivity contribution in [1.82, 2.24) is 14.5 Å². The van der Waals surface area contributed by atoms with Gasteiger partial charge in [-0.05, 0) is 36.4 Å². The summed E-state index contributed by atoms with van der Waals surface area (Å²) in [5.74, 6) is 0.518. The number of anilines is 1. The van der Waals surface area contributed by atoms with E-state index in [0.29, 0.717) is 17.1 Å². The van der Waals surface area contributed by atoms with E-state index >= 15 is 0 Å². The molecule has 0 atom stereocenters. The van der Waals surface area contributed by atoms with Gasteiger partial charge in [0.05, 0.1) is 31.3 Å². The van der Waals surface area contributed by atoms with E-state index in [0.717, 1.165) is 4.31 Å². The Morgan fingerprint density at radius 1 is 1.03 bits per heavy atom. The second-order valence-electron chi connectivity index (χ2n) is 6.58. The van der Waals surface area contributed by atoms with Crippen molar-refractivity contribution in [2.45, 2.75) is 4.90 Å². The smallest absolute Gasteiger partial charge is 0.322 e. The fourth-order valence-corrected chi connectivity index (χ4v) is 4.04. The lowest BCUT2D eigenvalue weighted by molar-refractivity contribution is 0.102. The van der Waals surface area contributed by atoms with Gasteiger partial charge >= 0.3 is 6.01 Å². The normalized spacial score (nSPS) is 10.9. The van der Waals surface area contributed by atoms with Crippen LogP contribution in [0.2, 0.25) is 0 Å². The van der Waals surface area contributed by atoms with Crippen LogP contribution in [-0.2, 0) is 10.0 Å². The Kier molecular flexibility index (Phi) is 7.43. The number of nitriles is 2. The largest absolute Gasteiger partial charge is 0.497 e. The Hall–Kier alpha value is -4.46. The minimum Gasteiger partial charge on any atom is -0.497 e. The summed E-state index contributed by atoms with van der Waals surface area (Å²) in [6.07, 6.45) is 0. The van der Waals surface area contributed by atoms with Gasteiger partial charge in [-0.2, -0.15) is 14.8 Å². The summed E-state index contributed by atoms with van der Waals surface area (Å²) >= 11 is 0. The third-order valence-electron chi connectivity index (χ3n) is 4.49. The number of amides is 1. The molecule has 13 heteroatoms. The van der Waals surface area contributed by atoms with E-state index in [9.17, 15) is 13.2 Å². The number of ether oxygens (including phenoxy) is 2. The number of carbonyl (C=O) groups is 1. The summed E-state index contributed by atoms with van der Waals surface area (Å²) in [4.78, 5) is 12.4. The Morgan fingerprint density at radius 3 is 2.15 bits per heavy atom. The molecule has 0 aliphatic carbocycles. The van der Waals surface area contributed by atoms with Crippen molar-refractivity contribution in [1.29, 1.82) is 10.5 Å². The van der Waals surface area contributed by atoms with Crippen molar-refractivity contribution in [2.75, 3.05) is 32.6 Å². The summed E-state index contributed by atoms with van der Waals surface area (Å²) in [6.45, 7) is -0.951. The fraction of sp³-hybridized carbons (Fsp3) is 0.190. The first-order valence-electron chi connectivity index (χ1n) is 9.54. The van der Waals surface area contributed by atoms with E-state index in [1.165, 1.54) is 38.5 Å². The number of aromatic nitrogens is 2. The fourth-order valence-electron chi connectivity index (χ4n) is 2.80. The quantitative estimate of drug-likeness (QED) is 0.445. The van der Waals surface area contributed by atoms with Crippen LogP contribution in [0, 0.1) is 22.7 Å². The molecule has 3 rings (SSSR count). The average molecular weight is 482 g/mol. The predicted molar refractivity (Wildman–Crippen MR) is 117 cm³/mol. The SMILES string of the molecule is COc1cc(OC)cc(-c2nnc(NC(=O)c3ccc(S(=O)(=O)N(CC#N)CC#N)cc3)o2)c1. The zero-order valence-corrected chi connectivity index (χ0v) is 18.9. The number of nitrogens with one attached hydrogen (secondary N) is 1. The molecule has 0 aliphatic heterocycles. The monoisotopic (exact) mass is 482 g/mol. The molecule has 12 nitrogen and oxygen atoms in total. The third kappa shape index (κ3) is 5.29. The lowest BCUT2D eigenvalue weighted by atomic mass is 10.2. The molecule has 0 aliphatic rings. The highest BCUT2D eigenvalue weighted by Crippen LogP contribution is 2.29. The van der Waals surface area contributed by atoms with Gasteiger partial charge in [0, 0.05) is 17.2 Å². The summed E-state index contributed by atoms with van der Waals surface area (Å²) < 4.78 is 41.8. The lowest BCUT2D eigenvalue weighted by Gasteiger charge is -2.15. The van der Waals surface area contributed by atoms with Crippen LogP contribution in [0.25, 0.3) is 11.5 Å². The number of hydrogen-bond acceptors (Lipinski definition) is 10. The van der Waals surface area contributed by atoms with Crippen LogP contribution in [-0.4, -0.2) is 56.1 Å². The topological polar surface area (TPSA) is 171 Å². The van der Waals surface area contributed by atoms with Crippen LogP contribution >= 0.6 is 0 Å². The van der Waals surface area contributed by atoms with Crippen LogP contribution in [0.3, 0.4) is 0 Å². The van der Waals surface area contributed by atoms with Crippen LogP contribution in [0.4, 0.5) is 6.01 Å². The lowest BCUT2D eigenvalue weighted by Crippen LogP contribution is -2.31. The number of rotatable bonds is 9. The van der Waals surface area contributed by atoms with Crippen LogP contribution in [0.5, 0.6) is 11.5 Å². The van der Waals surface area contributed by atoms with Crippen LogP contribution < -0.4 is 14.8 Å². The second kappa shape index (κ2) is 10.4. The van der Waals surface area contributed by atoms with E-state index in [-0.39, 0.29) is 22.4 Å². The molecule has 0 saturated heterocycles. The molecule has 1 N–H and O–H groups in total. The van der Waals surface area contributed by atoms with Crippen molar-refractivity contribution in [3.05, 3.63) is 48.0 Å². The Balaban J connectivity index is 1.76. The Labute approximate surface area is 195 Å². The molecule has 174 valence electrons. The zero-order chi connectivity index (χ0) is 24.7. The minimum atomic E-state index is -4.07. The van der Waals surface area contributed by atoms with Crippen LogP contribution in [0.1, 0.15) is 10.4 Å². The maximum atomic E-state index is 12.6. The molecular weight excluding hydrogens is 464 g/mol. The average Bonchev–Trinajstić information content (AvgIpc) is 3.32. The van der Waals surface area contributed by atoms with Gasteiger partial charge in [0.15, 0.2) is 0 Å². The molecule has 1 aromatic heterocycles. The first-order valence-corrected chi connectivity index (χ1v) is 11.0. The summed E-state index contributed by atoms with van der Waals surface area (Å²) in [7, 11) is -1.07. The van der Waals surface area contributed by atoms with Crippen molar-refractivity contribution in [3.63, 3.8) is 0 Å². The van der Waals surface area contributed by atoms with Crippen molar-refractivity contribution < 1.29 is 27.1 Å². The van der Waals surface area contributed by atoms with Gasteiger partial charge in [-0.3, -0.25) is 10.1 Å². The standard InChI is InChI=1S/C21H18N6O6S/c1-31-16-11-15(12-17(13-16)32-2)20-25-26-21(33-20)24-19(28)14-3-5-18(6-4-14)34(29,30)27(9-7-22)10-8-23/h3-6,11-13H,9-10H2,1-2H3,(H,24,26,28). The molecule has 0 unspecified atom stereocenters. The Morgan fingerprint density at radius 2 is 1.62 bits per heavy atom. The maximum Gasteiger partial charge on any atom is 0.322 e. The predicted octanol–water partition coefficient (Wildman–Crippen LogP) is 2.04. The van der Waals surface area contributed by atoms with Gasteiger partial charge in [0.1, 0.15) is 24.6 Å². The maximum absolute atomic E-state index is 12.6. The van der Waals surface area contributed by atoms with Crippen LogP contribution in [0.15, 0.2) is 51.8 Å². The molecule has 0 spiro atoms. The number of benzene rings is 2. The number of methoxy groups -OCH3 is 2. The molecular formula is C21H18N6O6S.